The van der Waals surface area contributed by atoms with Gasteiger partial charge in [0.1, 0.15) is 0 Å². The van der Waals surface area contributed by atoms with E-state index in [1.165, 1.54) is 0 Å². The van der Waals surface area contributed by atoms with Gasteiger partial charge >= 0.3 is 0 Å². The van der Waals surface area contributed by atoms with E-state index >= 15 is 0 Å². The van der Waals surface area contributed by atoms with Crippen molar-refractivity contribution < 1.29 is 9.84 Å². The molecule has 5 heteroatoms. The molecular weight excluding hydrogens is 218 g/mol. The van der Waals surface area contributed by atoms with E-state index in [9.17, 15) is 5.11 Å². The Morgan fingerprint density at radius 3 is 3.00 bits per heavy atom. The first kappa shape index (κ1) is 12.0. The monoisotopic (exact) mass is 237 g/mol. The molecule has 1 aliphatic rings. The van der Waals surface area contributed by atoms with Gasteiger partial charge in [-0.05, 0) is 31.2 Å². The number of aliphatic hydroxyl groups excluding tert-OH is 1. The standard InChI is InChI=1S/C12H19N3O2/c1-17-11-5-4-10(13)12(15-11)14-7-8-2-3-9(16)6-8/h4-5,8-9,16H,2-3,6-7,13H2,1H3,(H,14,15). The second-order valence-corrected chi connectivity index (χ2v) is 4.51. The highest BCUT2D eigenvalue weighted by molar-refractivity contribution is 5.61. The SMILES string of the molecule is COc1ccc(N)c(NCC2CCC(O)C2)n1. The van der Waals surface area contributed by atoms with Crippen LogP contribution in [0.4, 0.5) is 11.5 Å². The van der Waals surface area contributed by atoms with Crippen LogP contribution in [0.1, 0.15) is 19.3 Å². The van der Waals surface area contributed by atoms with Crippen molar-refractivity contribution in [3.63, 3.8) is 0 Å². The normalized spacial score (nSPS) is 23.6. The molecule has 0 aromatic carbocycles. The molecule has 0 radical (unpaired) electrons. The average molecular weight is 237 g/mol. The van der Waals surface area contributed by atoms with Crippen molar-refractivity contribution in [1.29, 1.82) is 0 Å². The van der Waals surface area contributed by atoms with E-state index in [1.54, 1.807) is 19.2 Å². The summed E-state index contributed by atoms with van der Waals surface area (Å²) < 4.78 is 5.05. The molecule has 1 heterocycles. The van der Waals surface area contributed by atoms with Crippen molar-refractivity contribution in [3.05, 3.63) is 12.1 Å². The lowest BCUT2D eigenvalue weighted by Gasteiger charge is -2.13. The number of nitrogens with one attached hydrogen (secondary N) is 1. The first-order valence-electron chi connectivity index (χ1n) is 5.91. The third-order valence-corrected chi connectivity index (χ3v) is 3.18. The Morgan fingerprint density at radius 2 is 2.35 bits per heavy atom. The van der Waals surface area contributed by atoms with Crippen LogP contribution in [0.2, 0.25) is 0 Å². The summed E-state index contributed by atoms with van der Waals surface area (Å²) in [5.41, 5.74) is 6.44. The molecule has 0 spiro atoms. The average Bonchev–Trinajstić information content (AvgIpc) is 2.74. The number of ether oxygens (including phenoxy) is 1. The van der Waals surface area contributed by atoms with E-state index in [2.05, 4.69) is 10.3 Å². The van der Waals surface area contributed by atoms with Gasteiger partial charge in [-0.25, -0.2) is 0 Å². The summed E-state index contributed by atoms with van der Waals surface area (Å²) in [4.78, 5) is 4.25. The zero-order chi connectivity index (χ0) is 12.3. The number of methoxy groups -OCH3 is 1. The summed E-state index contributed by atoms with van der Waals surface area (Å²) in [6.45, 7) is 0.793. The Hall–Kier alpha value is -1.49. The van der Waals surface area contributed by atoms with E-state index in [-0.39, 0.29) is 6.10 Å². The van der Waals surface area contributed by atoms with Gasteiger partial charge in [-0.3, -0.25) is 0 Å². The maximum absolute atomic E-state index is 9.45. The van der Waals surface area contributed by atoms with Crippen LogP contribution in [0.15, 0.2) is 12.1 Å². The first-order valence-corrected chi connectivity index (χ1v) is 5.91. The molecule has 0 saturated heterocycles. The Labute approximate surface area is 101 Å². The lowest BCUT2D eigenvalue weighted by molar-refractivity contribution is 0.178. The van der Waals surface area contributed by atoms with Crippen LogP contribution < -0.4 is 15.8 Å². The van der Waals surface area contributed by atoms with Gasteiger partial charge in [-0.15, -0.1) is 0 Å². The summed E-state index contributed by atoms with van der Waals surface area (Å²) in [7, 11) is 1.58. The molecule has 1 aromatic rings. The molecule has 0 aliphatic heterocycles. The lowest BCUT2D eigenvalue weighted by atomic mass is 10.1. The zero-order valence-electron chi connectivity index (χ0n) is 10.0. The third kappa shape index (κ3) is 3.00. The minimum absolute atomic E-state index is 0.141. The second kappa shape index (κ2) is 5.23. The van der Waals surface area contributed by atoms with Crippen LogP contribution in [0.3, 0.4) is 0 Å². The highest BCUT2D eigenvalue weighted by Crippen LogP contribution is 2.26. The topological polar surface area (TPSA) is 80.4 Å². The minimum Gasteiger partial charge on any atom is -0.481 e. The molecule has 2 atom stereocenters. The number of pyridine rings is 1. The molecule has 94 valence electrons. The van der Waals surface area contributed by atoms with Crippen molar-refractivity contribution in [1.82, 2.24) is 4.98 Å². The van der Waals surface area contributed by atoms with Gasteiger partial charge in [0.2, 0.25) is 5.88 Å². The molecule has 2 unspecified atom stereocenters. The molecule has 2 rings (SSSR count). The van der Waals surface area contributed by atoms with Crippen molar-refractivity contribution in [3.8, 4) is 5.88 Å². The van der Waals surface area contributed by atoms with E-state index in [0.29, 0.717) is 23.3 Å². The van der Waals surface area contributed by atoms with E-state index < -0.39 is 0 Å². The van der Waals surface area contributed by atoms with Crippen LogP contribution in [-0.4, -0.2) is 29.8 Å². The molecule has 1 fully saturated rings. The molecule has 17 heavy (non-hydrogen) atoms. The number of aromatic nitrogens is 1. The summed E-state index contributed by atoms with van der Waals surface area (Å²) in [6, 6.07) is 3.51. The van der Waals surface area contributed by atoms with E-state index in [4.69, 9.17) is 10.5 Å². The first-order chi connectivity index (χ1) is 8.19. The number of hydrogen-bond donors (Lipinski definition) is 3. The van der Waals surface area contributed by atoms with Crippen molar-refractivity contribution >= 4 is 11.5 Å². The van der Waals surface area contributed by atoms with E-state index in [0.717, 1.165) is 25.8 Å². The van der Waals surface area contributed by atoms with Gasteiger partial charge < -0.3 is 20.9 Å². The maximum Gasteiger partial charge on any atom is 0.215 e. The van der Waals surface area contributed by atoms with Gasteiger partial charge in [0.05, 0.1) is 18.9 Å². The third-order valence-electron chi connectivity index (χ3n) is 3.18. The quantitative estimate of drug-likeness (QED) is 0.734. The smallest absolute Gasteiger partial charge is 0.215 e. The predicted octanol–water partition coefficient (Wildman–Crippen LogP) is 1.25. The van der Waals surface area contributed by atoms with Crippen molar-refractivity contribution in [2.24, 2.45) is 5.92 Å². The van der Waals surface area contributed by atoms with Crippen LogP contribution in [0.25, 0.3) is 0 Å². The Balaban J connectivity index is 1.94. The molecule has 0 amide bonds. The highest BCUT2D eigenvalue weighted by atomic mass is 16.5. The van der Waals surface area contributed by atoms with Gasteiger partial charge in [0, 0.05) is 12.6 Å². The van der Waals surface area contributed by atoms with Crippen LogP contribution in [0, 0.1) is 5.92 Å². The van der Waals surface area contributed by atoms with Gasteiger partial charge in [-0.2, -0.15) is 4.98 Å². The van der Waals surface area contributed by atoms with Crippen molar-refractivity contribution in [2.45, 2.75) is 25.4 Å². The van der Waals surface area contributed by atoms with Crippen LogP contribution in [-0.2, 0) is 0 Å². The number of rotatable bonds is 4. The molecule has 5 nitrogen and oxygen atoms in total. The Kier molecular flexibility index (Phi) is 3.68. The highest BCUT2D eigenvalue weighted by Gasteiger charge is 2.22. The van der Waals surface area contributed by atoms with Crippen LogP contribution in [0.5, 0.6) is 5.88 Å². The molecule has 1 saturated carbocycles. The largest absolute Gasteiger partial charge is 0.481 e. The van der Waals surface area contributed by atoms with Crippen LogP contribution >= 0.6 is 0 Å². The van der Waals surface area contributed by atoms with Gasteiger partial charge in [-0.1, -0.05) is 0 Å². The summed E-state index contributed by atoms with van der Waals surface area (Å²) in [5.74, 6) is 1.70. The number of nitrogen functional groups attached to an aromatic ring is 1. The van der Waals surface area contributed by atoms with Gasteiger partial charge in [0.15, 0.2) is 5.82 Å². The molecule has 4 N–H and O–H groups in total. The lowest BCUT2D eigenvalue weighted by Crippen LogP contribution is -2.14. The fourth-order valence-electron chi connectivity index (χ4n) is 2.18. The molecule has 1 aromatic heterocycles. The number of nitrogens with two attached hydrogens (primary N) is 1. The number of aliphatic hydroxyl groups is 1. The summed E-state index contributed by atoms with van der Waals surface area (Å²) in [6.07, 6.45) is 2.67. The second-order valence-electron chi connectivity index (χ2n) is 4.51. The molecular formula is C12H19N3O2. The molecule has 0 bridgehead atoms. The number of hydrogen-bond acceptors (Lipinski definition) is 5. The fourth-order valence-corrected chi connectivity index (χ4v) is 2.18. The zero-order valence-corrected chi connectivity index (χ0v) is 10.0. The predicted molar refractivity (Wildman–Crippen MR) is 67.0 cm³/mol. The Bertz CT molecular complexity index is 384. The van der Waals surface area contributed by atoms with Crippen molar-refractivity contribution in [2.75, 3.05) is 24.7 Å². The van der Waals surface area contributed by atoms with E-state index in [1.807, 2.05) is 0 Å². The molecule has 1 aliphatic carbocycles. The number of nitrogens with zero attached hydrogens (tertiary/aromatic N) is 1. The van der Waals surface area contributed by atoms with Gasteiger partial charge in [0.25, 0.3) is 0 Å². The summed E-state index contributed by atoms with van der Waals surface area (Å²) in [5, 5.41) is 12.7. The Morgan fingerprint density at radius 1 is 1.53 bits per heavy atom. The number of anilines is 2. The maximum atomic E-state index is 9.45. The fraction of sp³-hybridized carbons (Fsp3) is 0.583. The minimum atomic E-state index is -0.141. The summed E-state index contributed by atoms with van der Waals surface area (Å²) >= 11 is 0.